The van der Waals surface area contributed by atoms with Crippen molar-refractivity contribution in [2.75, 3.05) is 5.75 Å². The van der Waals surface area contributed by atoms with Gasteiger partial charge in [0, 0.05) is 6.04 Å². The maximum Gasteiger partial charge on any atom is 0.189 e. The summed E-state index contributed by atoms with van der Waals surface area (Å²) in [5, 5.41) is 3.10. The molecule has 1 aromatic carbocycles. The van der Waals surface area contributed by atoms with Crippen molar-refractivity contribution in [2.24, 2.45) is 10.7 Å². The van der Waals surface area contributed by atoms with Gasteiger partial charge < -0.3 is 11.1 Å². The lowest BCUT2D eigenvalue weighted by atomic mass is 10.2. The SMILES string of the molecule is CCS(=O)(=O)c1ccc(CN=C(N)NC2CC2)cc1. The molecule has 3 N–H and O–H groups in total. The second-order valence-corrected chi connectivity index (χ2v) is 6.95. The molecule has 19 heavy (non-hydrogen) atoms. The maximum atomic E-state index is 11.6. The zero-order valence-corrected chi connectivity index (χ0v) is 11.8. The summed E-state index contributed by atoms with van der Waals surface area (Å²) in [5.41, 5.74) is 6.67. The summed E-state index contributed by atoms with van der Waals surface area (Å²) in [4.78, 5) is 4.57. The third-order valence-electron chi connectivity index (χ3n) is 3.02. The van der Waals surface area contributed by atoms with E-state index in [1.807, 2.05) is 0 Å². The zero-order chi connectivity index (χ0) is 13.9. The highest BCUT2D eigenvalue weighted by Crippen LogP contribution is 2.18. The summed E-state index contributed by atoms with van der Waals surface area (Å²) in [6, 6.07) is 7.27. The molecule has 1 saturated carbocycles. The molecule has 1 aliphatic carbocycles. The van der Waals surface area contributed by atoms with Crippen molar-refractivity contribution in [3.05, 3.63) is 29.8 Å². The van der Waals surface area contributed by atoms with Crippen molar-refractivity contribution < 1.29 is 8.42 Å². The van der Waals surface area contributed by atoms with Crippen LogP contribution in [0.2, 0.25) is 0 Å². The van der Waals surface area contributed by atoms with Crippen LogP contribution in [-0.2, 0) is 16.4 Å². The van der Waals surface area contributed by atoms with Crippen molar-refractivity contribution in [2.45, 2.75) is 37.2 Å². The Morgan fingerprint density at radius 1 is 1.37 bits per heavy atom. The highest BCUT2D eigenvalue weighted by molar-refractivity contribution is 7.91. The van der Waals surface area contributed by atoms with E-state index >= 15 is 0 Å². The largest absolute Gasteiger partial charge is 0.370 e. The van der Waals surface area contributed by atoms with Crippen molar-refractivity contribution in [1.29, 1.82) is 0 Å². The minimum Gasteiger partial charge on any atom is -0.370 e. The Hall–Kier alpha value is -1.56. The van der Waals surface area contributed by atoms with Crippen LogP contribution in [0.15, 0.2) is 34.2 Å². The average molecular weight is 281 g/mol. The lowest BCUT2D eigenvalue weighted by molar-refractivity contribution is 0.597. The smallest absolute Gasteiger partial charge is 0.189 e. The molecule has 2 rings (SSSR count). The lowest BCUT2D eigenvalue weighted by Crippen LogP contribution is -2.33. The highest BCUT2D eigenvalue weighted by Gasteiger charge is 2.21. The Kier molecular flexibility index (Phi) is 4.09. The van der Waals surface area contributed by atoms with Crippen LogP contribution in [0.3, 0.4) is 0 Å². The van der Waals surface area contributed by atoms with Gasteiger partial charge in [-0.2, -0.15) is 0 Å². The second kappa shape index (κ2) is 5.61. The maximum absolute atomic E-state index is 11.6. The molecule has 0 bridgehead atoms. The van der Waals surface area contributed by atoms with Gasteiger partial charge >= 0.3 is 0 Å². The molecule has 0 unspecified atom stereocenters. The van der Waals surface area contributed by atoms with Gasteiger partial charge in [-0.05, 0) is 30.5 Å². The summed E-state index contributed by atoms with van der Waals surface area (Å²) in [5.74, 6) is 0.565. The van der Waals surface area contributed by atoms with Gasteiger partial charge in [0.2, 0.25) is 0 Å². The summed E-state index contributed by atoms with van der Waals surface area (Å²) in [7, 11) is -3.13. The predicted molar refractivity (Wildman–Crippen MR) is 75.7 cm³/mol. The molecule has 0 radical (unpaired) electrons. The standard InChI is InChI=1S/C13H19N3O2S/c1-2-19(17,18)12-7-3-10(4-8-12)9-15-13(14)16-11-5-6-11/h3-4,7-8,11H,2,5-6,9H2,1H3,(H3,14,15,16). The molecule has 1 aromatic rings. The van der Waals surface area contributed by atoms with Gasteiger partial charge in [-0.15, -0.1) is 0 Å². The first-order chi connectivity index (χ1) is 9.01. The Balaban J connectivity index is 1.98. The van der Waals surface area contributed by atoms with Crippen molar-refractivity contribution in [3.63, 3.8) is 0 Å². The first-order valence-corrected chi connectivity index (χ1v) is 8.04. The minimum atomic E-state index is -3.13. The number of hydrogen-bond acceptors (Lipinski definition) is 3. The summed E-state index contributed by atoms with van der Waals surface area (Å²) < 4.78 is 23.3. The third kappa shape index (κ3) is 3.96. The predicted octanol–water partition coefficient (Wildman–Crippen LogP) is 1.05. The normalized spacial score (nSPS) is 16.4. The summed E-state index contributed by atoms with van der Waals surface area (Å²) in [6.07, 6.45) is 2.31. The molecule has 5 nitrogen and oxygen atoms in total. The number of nitrogens with one attached hydrogen (secondary N) is 1. The van der Waals surface area contributed by atoms with E-state index in [1.54, 1.807) is 31.2 Å². The number of sulfone groups is 1. The average Bonchev–Trinajstić information content (AvgIpc) is 3.21. The Labute approximate surface area is 113 Å². The molecule has 0 saturated heterocycles. The van der Waals surface area contributed by atoms with Gasteiger partial charge in [0.05, 0.1) is 17.2 Å². The number of nitrogens with zero attached hydrogens (tertiary/aromatic N) is 1. The van der Waals surface area contributed by atoms with E-state index in [-0.39, 0.29) is 5.75 Å². The van der Waals surface area contributed by atoms with Crippen LogP contribution < -0.4 is 11.1 Å². The van der Waals surface area contributed by atoms with E-state index in [9.17, 15) is 8.42 Å². The van der Waals surface area contributed by atoms with Crippen LogP contribution in [0.5, 0.6) is 0 Å². The van der Waals surface area contributed by atoms with E-state index in [4.69, 9.17) is 5.73 Å². The lowest BCUT2D eigenvalue weighted by Gasteiger charge is -2.04. The van der Waals surface area contributed by atoms with Crippen LogP contribution in [-0.4, -0.2) is 26.2 Å². The molecule has 0 aromatic heterocycles. The second-order valence-electron chi connectivity index (χ2n) is 4.67. The third-order valence-corrected chi connectivity index (χ3v) is 4.77. The van der Waals surface area contributed by atoms with Crippen molar-refractivity contribution >= 4 is 15.8 Å². The Morgan fingerprint density at radius 2 is 2.00 bits per heavy atom. The number of aliphatic imine (C=N–C) groups is 1. The minimum absolute atomic E-state index is 0.114. The molecule has 104 valence electrons. The molecule has 0 atom stereocenters. The van der Waals surface area contributed by atoms with E-state index in [2.05, 4.69) is 10.3 Å². The fraction of sp³-hybridized carbons (Fsp3) is 0.462. The van der Waals surface area contributed by atoms with Gasteiger partial charge in [0.25, 0.3) is 0 Å². The molecule has 1 fully saturated rings. The summed E-state index contributed by atoms with van der Waals surface area (Å²) >= 11 is 0. The Morgan fingerprint density at radius 3 is 2.53 bits per heavy atom. The van der Waals surface area contributed by atoms with Crippen molar-refractivity contribution in [1.82, 2.24) is 5.32 Å². The van der Waals surface area contributed by atoms with Gasteiger partial charge in [-0.1, -0.05) is 19.1 Å². The number of nitrogens with two attached hydrogens (primary N) is 1. The van der Waals surface area contributed by atoms with Gasteiger partial charge in [0.1, 0.15) is 0 Å². The first kappa shape index (κ1) is 13.9. The summed E-state index contributed by atoms with van der Waals surface area (Å²) in [6.45, 7) is 2.09. The van der Waals surface area contributed by atoms with Crippen LogP contribution in [0.1, 0.15) is 25.3 Å². The van der Waals surface area contributed by atoms with E-state index in [0.29, 0.717) is 23.4 Å². The molecular formula is C13H19N3O2S. The molecule has 6 heteroatoms. The van der Waals surface area contributed by atoms with E-state index in [1.165, 1.54) is 0 Å². The molecule has 1 aliphatic rings. The van der Waals surface area contributed by atoms with E-state index in [0.717, 1.165) is 18.4 Å². The first-order valence-electron chi connectivity index (χ1n) is 6.39. The molecular weight excluding hydrogens is 262 g/mol. The van der Waals surface area contributed by atoms with Gasteiger partial charge in [-0.3, -0.25) is 0 Å². The van der Waals surface area contributed by atoms with Gasteiger partial charge in [0.15, 0.2) is 15.8 Å². The monoisotopic (exact) mass is 281 g/mol. The fourth-order valence-electron chi connectivity index (χ4n) is 1.63. The van der Waals surface area contributed by atoms with Crippen LogP contribution >= 0.6 is 0 Å². The Bertz CT molecular complexity index is 560. The molecule has 0 amide bonds. The van der Waals surface area contributed by atoms with Crippen LogP contribution in [0.4, 0.5) is 0 Å². The fourth-order valence-corrected chi connectivity index (χ4v) is 2.51. The number of benzene rings is 1. The van der Waals surface area contributed by atoms with Crippen LogP contribution in [0.25, 0.3) is 0 Å². The number of hydrogen-bond donors (Lipinski definition) is 2. The van der Waals surface area contributed by atoms with E-state index < -0.39 is 9.84 Å². The quantitative estimate of drug-likeness (QED) is 0.624. The molecule has 0 spiro atoms. The molecule has 0 heterocycles. The van der Waals surface area contributed by atoms with Crippen molar-refractivity contribution in [3.8, 4) is 0 Å². The van der Waals surface area contributed by atoms with Gasteiger partial charge in [-0.25, -0.2) is 13.4 Å². The van der Waals surface area contributed by atoms with Crippen LogP contribution in [0, 0.1) is 0 Å². The highest BCUT2D eigenvalue weighted by atomic mass is 32.2. The topological polar surface area (TPSA) is 84.5 Å². The number of rotatable bonds is 5. The number of guanidine groups is 1. The zero-order valence-electron chi connectivity index (χ0n) is 11.0. The molecule has 0 aliphatic heterocycles.